The lowest BCUT2D eigenvalue weighted by molar-refractivity contribution is -0.122. The van der Waals surface area contributed by atoms with E-state index < -0.39 is 0 Å². The van der Waals surface area contributed by atoms with Crippen LogP contribution in [0.25, 0.3) is 22.2 Å². The van der Waals surface area contributed by atoms with Gasteiger partial charge < -0.3 is 5.32 Å². The van der Waals surface area contributed by atoms with Crippen LogP contribution in [0.1, 0.15) is 36.9 Å². The van der Waals surface area contributed by atoms with Gasteiger partial charge in [-0.15, -0.1) is 0 Å². The van der Waals surface area contributed by atoms with Crippen molar-refractivity contribution < 1.29 is 4.79 Å². The largest absolute Gasteiger partial charge is 0.352 e. The topological polar surface area (TPSA) is 59.8 Å². The molecule has 1 amide bonds. The van der Waals surface area contributed by atoms with Gasteiger partial charge in [0.15, 0.2) is 5.65 Å². The summed E-state index contributed by atoms with van der Waals surface area (Å²) in [5.41, 5.74) is 5.14. The third-order valence-electron chi connectivity index (χ3n) is 5.18. The van der Waals surface area contributed by atoms with E-state index in [1.165, 1.54) is 18.4 Å². The van der Waals surface area contributed by atoms with Crippen molar-refractivity contribution in [2.45, 2.75) is 52.1 Å². The number of hydrogen-bond acceptors (Lipinski definition) is 3. The molecule has 3 aromatic rings. The fourth-order valence-electron chi connectivity index (χ4n) is 3.84. The van der Waals surface area contributed by atoms with E-state index in [1.807, 2.05) is 13.0 Å². The number of hydrogen-bond donors (Lipinski definition) is 1. The Hall–Kier alpha value is -2.69. The van der Waals surface area contributed by atoms with Gasteiger partial charge in [0.25, 0.3) is 0 Å². The number of benzene rings is 1. The Balaban J connectivity index is 1.66. The Kier molecular flexibility index (Phi) is 4.45. The molecule has 134 valence electrons. The van der Waals surface area contributed by atoms with E-state index >= 15 is 0 Å². The van der Waals surface area contributed by atoms with Crippen molar-refractivity contribution in [1.29, 1.82) is 0 Å². The monoisotopic (exact) mass is 348 g/mol. The van der Waals surface area contributed by atoms with Crippen LogP contribution in [0.3, 0.4) is 0 Å². The molecule has 0 spiro atoms. The minimum absolute atomic E-state index is 0.0174. The standard InChI is InChI=1S/C21H24N4O/c1-14-7-9-16(10-8-14)18-11-12-22-21-20(18)15(2)24-25(21)13-19(26)23-17-5-3-4-6-17/h7-12,17H,3-6,13H2,1-2H3,(H,23,26). The maximum Gasteiger partial charge on any atom is 0.242 e. The molecule has 0 unspecified atom stereocenters. The van der Waals surface area contributed by atoms with Gasteiger partial charge in [-0.3, -0.25) is 4.79 Å². The fraction of sp³-hybridized carbons (Fsp3) is 0.381. The van der Waals surface area contributed by atoms with E-state index in [9.17, 15) is 4.79 Å². The highest BCUT2D eigenvalue weighted by molar-refractivity contribution is 5.95. The quantitative estimate of drug-likeness (QED) is 0.781. The van der Waals surface area contributed by atoms with E-state index in [0.717, 1.165) is 40.7 Å². The smallest absolute Gasteiger partial charge is 0.242 e. The van der Waals surface area contributed by atoms with E-state index in [-0.39, 0.29) is 12.5 Å². The Labute approximate surface area is 153 Å². The zero-order chi connectivity index (χ0) is 18.1. The molecule has 0 radical (unpaired) electrons. The Morgan fingerprint density at radius 2 is 1.88 bits per heavy atom. The van der Waals surface area contributed by atoms with Gasteiger partial charge in [0.1, 0.15) is 6.54 Å². The van der Waals surface area contributed by atoms with Crippen LogP contribution in [-0.2, 0) is 11.3 Å². The summed E-state index contributed by atoms with van der Waals surface area (Å²) in [4.78, 5) is 16.9. The van der Waals surface area contributed by atoms with Gasteiger partial charge in [-0.1, -0.05) is 42.7 Å². The molecule has 0 bridgehead atoms. The molecule has 1 N–H and O–H groups in total. The molecule has 5 nitrogen and oxygen atoms in total. The summed E-state index contributed by atoms with van der Waals surface area (Å²) in [5.74, 6) is 0.0174. The molecule has 1 aliphatic carbocycles. The van der Waals surface area contributed by atoms with Crippen molar-refractivity contribution in [3.05, 3.63) is 47.8 Å². The average molecular weight is 348 g/mol. The first-order chi connectivity index (χ1) is 12.6. The highest BCUT2D eigenvalue weighted by atomic mass is 16.2. The van der Waals surface area contributed by atoms with Crippen molar-refractivity contribution in [2.75, 3.05) is 0 Å². The number of pyridine rings is 1. The molecule has 1 aromatic carbocycles. The van der Waals surface area contributed by atoms with Crippen LogP contribution >= 0.6 is 0 Å². The lowest BCUT2D eigenvalue weighted by atomic mass is 10.0. The van der Waals surface area contributed by atoms with Crippen molar-refractivity contribution in [2.24, 2.45) is 0 Å². The van der Waals surface area contributed by atoms with Gasteiger partial charge in [0, 0.05) is 17.6 Å². The van der Waals surface area contributed by atoms with Gasteiger partial charge in [-0.05, 0) is 43.9 Å². The molecule has 1 saturated carbocycles. The normalized spacial score (nSPS) is 14.8. The van der Waals surface area contributed by atoms with Crippen LogP contribution in [0.15, 0.2) is 36.5 Å². The predicted octanol–water partition coefficient (Wildman–Crippen LogP) is 3.77. The summed E-state index contributed by atoms with van der Waals surface area (Å²) in [6, 6.07) is 10.8. The summed E-state index contributed by atoms with van der Waals surface area (Å²) in [6.45, 7) is 4.27. The number of rotatable bonds is 4. The molecule has 0 atom stereocenters. The molecule has 26 heavy (non-hydrogen) atoms. The molecule has 1 aliphatic rings. The summed E-state index contributed by atoms with van der Waals surface area (Å²) in [7, 11) is 0. The van der Waals surface area contributed by atoms with Gasteiger partial charge >= 0.3 is 0 Å². The average Bonchev–Trinajstić information content (AvgIpc) is 3.24. The van der Waals surface area contributed by atoms with Gasteiger partial charge in [-0.2, -0.15) is 5.10 Å². The molecule has 2 heterocycles. The molecule has 0 aliphatic heterocycles. The Morgan fingerprint density at radius 1 is 1.15 bits per heavy atom. The highest BCUT2D eigenvalue weighted by Gasteiger charge is 2.19. The number of fused-ring (bicyclic) bond motifs is 1. The highest BCUT2D eigenvalue weighted by Crippen LogP contribution is 2.30. The number of carbonyl (C=O) groups is 1. The molecular formula is C21H24N4O. The van der Waals surface area contributed by atoms with Crippen LogP contribution in [0, 0.1) is 13.8 Å². The van der Waals surface area contributed by atoms with Crippen molar-refractivity contribution in [3.63, 3.8) is 0 Å². The second-order valence-corrected chi connectivity index (χ2v) is 7.22. The minimum Gasteiger partial charge on any atom is -0.352 e. The first-order valence-corrected chi connectivity index (χ1v) is 9.30. The lowest BCUT2D eigenvalue weighted by Crippen LogP contribution is -2.35. The number of carbonyl (C=O) groups excluding carboxylic acids is 1. The van der Waals surface area contributed by atoms with E-state index in [2.05, 4.69) is 46.6 Å². The summed E-state index contributed by atoms with van der Waals surface area (Å²) in [6.07, 6.45) is 6.37. The van der Waals surface area contributed by atoms with Crippen LogP contribution < -0.4 is 5.32 Å². The van der Waals surface area contributed by atoms with Gasteiger partial charge in [0.05, 0.1) is 5.69 Å². The number of amides is 1. The number of aryl methyl sites for hydroxylation is 2. The third-order valence-corrected chi connectivity index (χ3v) is 5.18. The first-order valence-electron chi connectivity index (χ1n) is 9.30. The van der Waals surface area contributed by atoms with Crippen molar-refractivity contribution in [1.82, 2.24) is 20.1 Å². The molecule has 0 saturated heterocycles. The molecule has 5 heteroatoms. The van der Waals surface area contributed by atoms with E-state index in [1.54, 1.807) is 10.9 Å². The lowest BCUT2D eigenvalue weighted by Gasteiger charge is -2.12. The zero-order valence-electron chi connectivity index (χ0n) is 15.3. The maximum absolute atomic E-state index is 12.4. The molecule has 4 rings (SSSR count). The predicted molar refractivity (Wildman–Crippen MR) is 103 cm³/mol. The maximum atomic E-state index is 12.4. The SMILES string of the molecule is Cc1ccc(-c2ccnc3c2c(C)nn3CC(=O)NC2CCCC2)cc1. The van der Waals surface area contributed by atoms with E-state index in [0.29, 0.717) is 6.04 Å². The second-order valence-electron chi connectivity index (χ2n) is 7.22. The summed E-state index contributed by atoms with van der Waals surface area (Å²) >= 11 is 0. The minimum atomic E-state index is 0.0174. The van der Waals surface area contributed by atoms with Crippen LogP contribution in [-0.4, -0.2) is 26.7 Å². The molecular weight excluding hydrogens is 324 g/mol. The summed E-state index contributed by atoms with van der Waals surface area (Å²) in [5, 5.41) is 8.75. The van der Waals surface area contributed by atoms with Crippen LogP contribution in [0.2, 0.25) is 0 Å². The Morgan fingerprint density at radius 3 is 2.62 bits per heavy atom. The zero-order valence-corrected chi connectivity index (χ0v) is 15.3. The molecule has 1 fully saturated rings. The van der Waals surface area contributed by atoms with Crippen molar-refractivity contribution >= 4 is 16.9 Å². The van der Waals surface area contributed by atoms with Crippen LogP contribution in [0.5, 0.6) is 0 Å². The first kappa shape index (κ1) is 16.8. The van der Waals surface area contributed by atoms with Crippen LogP contribution in [0.4, 0.5) is 0 Å². The number of nitrogens with one attached hydrogen (secondary N) is 1. The number of nitrogens with zero attached hydrogens (tertiary/aromatic N) is 3. The summed E-state index contributed by atoms with van der Waals surface area (Å²) < 4.78 is 1.73. The van der Waals surface area contributed by atoms with Gasteiger partial charge in [-0.25, -0.2) is 9.67 Å². The third kappa shape index (κ3) is 3.21. The van der Waals surface area contributed by atoms with E-state index in [4.69, 9.17) is 0 Å². The fourth-order valence-corrected chi connectivity index (χ4v) is 3.84. The second kappa shape index (κ2) is 6.90. The molecule has 2 aromatic heterocycles. The van der Waals surface area contributed by atoms with Crippen molar-refractivity contribution in [3.8, 4) is 11.1 Å². The number of aromatic nitrogens is 3. The van der Waals surface area contributed by atoms with Gasteiger partial charge in [0.2, 0.25) is 5.91 Å². The Bertz CT molecular complexity index is 937.